The molecule has 156 valence electrons. The quantitative estimate of drug-likeness (QED) is 0.500. The van der Waals surface area contributed by atoms with Gasteiger partial charge in [0.05, 0.1) is 18.8 Å². The molecule has 0 spiro atoms. The zero-order chi connectivity index (χ0) is 21.0. The van der Waals surface area contributed by atoms with Crippen LogP contribution in [0.15, 0.2) is 65.4 Å². The van der Waals surface area contributed by atoms with Crippen LogP contribution in [0.2, 0.25) is 0 Å². The molecule has 5 heterocycles. The van der Waals surface area contributed by atoms with E-state index < -0.39 is 0 Å². The number of rotatable bonds is 6. The minimum atomic E-state index is -0.0141. The van der Waals surface area contributed by atoms with Crippen LogP contribution in [-0.4, -0.2) is 38.7 Å². The molecule has 9 heteroatoms. The minimum absolute atomic E-state index is 0.0141. The van der Waals surface area contributed by atoms with Gasteiger partial charge < -0.3 is 19.5 Å². The smallest absolute Gasteiger partial charge is 0.231 e. The van der Waals surface area contributed by atoms with Gasteiger partial charge in [-0.2, -0.15) is 9.97 Å². The van der Waals surface area contributed by atoms with Gasteiger partial charge in [0.25, 0.3) is 0 Å². The fraction of sp³-hybridized carbons (Fsp3) is 0.227. The lowest BCUT2D eigenvalue weighted by atomic mass is 10.1. The zero-order valence-electron chi connectivity index (χ0n) is 17.0. The Kier molecular flexibility index (Phi) is 5.14. The van der Waals surface area contributed by atoms with E-state index in [1.807, 2.05) is 42.5 Å². The fourth-order valence-corrected chi connectivity index (χ4v) is 3.66. The van der Waals surface area contributed by atoms with Crippen molar-refractivity contribution in [1.29, 1.82) is 0 Å². The molecule has 0 saturated carbocycles. The maximum Gasteiger partial charge on any atom is 0.231 e. The van der Waals surface area contributed by atoms with Gasteiger partial charge in [-0.05, 0) is 37.1 Å². The molecule has 0 unspecified atom stereocenters. The maximum absolute atomic E-state index is 5.69. The molecule has 1 fully saturated rings. The number of ether oxygens (including phenoxy) is 1. The summed E-state index contributed by atoms with van der Waals surface area (Å²) in [6.45, 7) is 0.806. The SMILES string of the molecule is COc1cc(Nc2ccccn2)nc(N2CCC[C@H]2c2cc(-c3ccccn3)no2)n1. The van der Waals surface area contributed by atoms with Gasteiger partial charge in [-0.15, -0.1) is 0 Å². The summed E-state index contributed by atoms with van der Waals surface area (Å²) in [5.74, 6) is 3.11. The van der Waals surface area contributed by atoms with Crippen LogP contribution in [0.4, 0.5) is 17.6 Å². The molecule has 0 radical (unpaired) electrons. The highest BCUT2D eigenvalue weighted by Gasteiger charge is 2.32. The van der Waals surface area contributed by atoms with Crippen LogP contribution in [-0.2, 0) is 0 Å². The molecule has 1 N–H and O–H groups in total. The molecule has 0 aromatic carbocycles. The standard InChI is InChI=1S/C22H21N7O2/c1-30-21-14-20(25-19-9-3-5-11-24-19)26-22(27-21)29-12-6-8-17(29)18-13-16(28-31-18)15-7-2-4-10-23-15/h2-5,7,9-11,13-14,17H,6,8,12H2,1H3,(H,24,25,26,27)/t17-/m0/s1. The Labute approximate surface area is 179 Å². The predicted octanol–water partition coefficient (Wildman–Crippen LogP) is 4.02. The van der Waals surface area contributed by atoms with E-state index >= 15 is 0 Å². The molecule has 31 heavy (non-hydrogen) atoms. The molecular formula is C22H21N7O2. The molecule has 1 aliphatic rings. The van der Waals surface area contributed by atoms with Crippen molar-refractivity contribution in [3.05, 3.63) is 66.7 Å². The Morgan fingerprint density at radius 1 is 1.00 bits per heavy atom. The maximum atomic E-state index is 5.69. The van der Waals surface area contributed by atoms with Crippen molar-refractivity contribution in [2.45, 2.75) is 18.9 Å². The molecule has 1 saturated heterocycles. The van der Waals surface area contributed by atoms with Gasteiger partial charge in [0, 0.05) is 31.1 Å². The van der Waals surface area contributed by atoms with Crippen LogP contribution in [0, 0.1) is 0 Å². The summed E-state index contributed by atoms with van der Waals surface area (Å²) in [7, 11) is 1.59. The molecule has 5 rings (SSSR count). The zero-order valence-corrected chi connectivity index (χ0v) is 17.0. The summed E-state index contributed by atoms with van der Waals surface area (Å²) < 4.78 is 11.1. The molecule has 0 aliphatic carbocycles. The van der Waals surface area contributed by atoms with E-state index in [1.165, 1.54) is 0 Å². The van der Waals surface area contributed by atoms with Gasteiger partial charge in [-0.3, -0.25) is 4.98 Å². The lowest BCUT2D eigenvalue weighted by molar-refractivity contribution is 0.361. The highest BCUT2D eigenvalue weighted by atomic mass is 16.5. The Morgan fingerprint density at radius 2 is 1.87 bits per heavy atom. The van der Waals surface area contributed by atoms with Gasteiger partial charge in [-0.1, -0.05) is 17.3 Å². The first-order valence-corrected chi connectivity index (χ1v) is 10.1. The van der Waals surface area contributed by atoms with Crippen LogP contribution in [0.25, 0.3) is 11.4 Å². The molecule has 0 amide bonds. The number of pyridine rings is 2. The highest BCUT2D eigenvalue weighted by Crippen LogP contribution is 2.37. The highest BCUT2D eigenvalue weighted by molar-refractivity contribution is 5.56. The van der Waals surface area contributed by atoms with E-state index in [-0.39, 0.29) is 6.04 Å². The second-order valence-electron chi connectivity index (χ2n) is 7.12. The van der Waals surface area contributed by atoms with Gasteiger partial charge >= 0.3 is 0 Å². The normalized spacial score (nSPS) is 15.8. The molecule has 1 atom stereocenters. The number of nitrogens with zero attached hydrogens (tertiary/aromatic N) is 6. The van der Waals surface area contributed by atoms with E-state index in [2.05, 4.69) is 30.3 Å². The molecule has 9 nitrogen and oxygen atoms in total. The number of hydrogen-bond acceptors (Lipinski definition) is 9. The van der Waals surface area contributed by atoms with Crippen LogP contribution >= 0.6 is 0 Å². The van der Waals surface area contributed by atoms with Gasteiger partial charge in [0.2, 0.25) is 11.8 Å². The number of methoxy groups -OCH3 is 1. The third-order valence-corrected chi connectivity index (χ3v) is 5.11. The Bertz CT molecular complexity index is 1150. The van der Waals surface area contributed by atoms with Crippen molar-refractivity contribution in [1.82, 2.24) is 25.1 Å². The Hall–Kier alpha value is -4.01. The Morgan fingerprint density at radius 3 is 2.65 bits per heavy atom. The largest absolute Gasteiger partial charge is 0.481 e. The molecule has 4 aromatic heterocycles. The summed E-state index contributed by atoms with van der Waals surface area (Å²) in [5, 5.41) is 7.43. The van der Waals surface area contributed by atoms with E-state index in [0.29, 0.717) is 29.2 Å². The van der Waals surface area contributed by atoms with E-state index in [4.69, 9.17) is 14.2 Å². The third-order valence-electron chi connectivity index (χ3n) is 5.11. The number of nitrogens with one attached hydrogen (secondary N) is 1. The molecule has 0 bridgehead atoms. The second kappa shape index (κ2) is 8.39. The van der Waals surface area contributed by atoms with Gasteiger partial charge in [0.15, 0.2) is 5.76 Å². The summed E-state index contributed by atoms with van der Waals surface area (Å²) in [6.07, 6.45) is 5.38. The first-order valence-electron chi connectivity index (χ1n) is 10.1. The third kappa shape index (κ3) is 4.02. The first-order chi connectivity index (χ1) is 15.3. The Balaban J connectivity index is 1.44. The second-order valence-corrected chi connectivity index (χ2v) is 7.12. The van der Waals surface area contributed by atoms with E-state index in [0.717, 1.165) is 30.8 Å². The monoisotopic (exact) mass is 415 g/mol. The average Bonchev–Trinajstić information content (AvgIpc) is 3.50. The van der Waals surface area contributed by atoms with Crippen LogP contribution in [0.1, 0.15) is 24.6 Å². The predicted molar refractivity (Wildman–Crippen MR) is 115 cm³/mol. The topological polar surface area (TPSA) is 102 Å². The summed E-state index contributed by atoms with van der Waals surface area (Å²) in [6, 6.07) is 15.0. The van der Waals surface area contributed by atoms with Gasteiger partial charge in [0.1, 0.15) is 17.3 Å². The molecule has 1 aliphatic heterocycles. The van der Waals surface area contributed by atoms with Crippen molar-refractivity contribution < 1.29 is 9.26 Å². The lowest BCUT2D eigenvalue weighted by Crippen LogP contribution is -2.24. The van der Waals surface area contributed by atoms with Crippen molar-refractivity contribution in [2.75, 3.05) is 23.9 Å². The molecular weight excluding hydrogens is 394 g/mol. The van der Waals surface area contributed by atoms with E-state index in [9.17, 15) is 0 Å². The van der Waals surface area contributed by atoms with Crippen molar-refractivity contribution >= 4 is 17.6 Å². The van der Waals surface area contributed by atoms with Crippen LogP contribution < -0.4 is 15.0 Å². The van der Waals surface area contributed by atoms with Gasteiger partial charge in [-0.25, -0.2) is 4.98 Å². The summed E-state index contributed by atoms with van der Waals surface area (Å²) in [5.41, 5.74) is 1.49. The summed E-state index contributed by atoms with van der Waals surface area (Å²) in [4.78, 5) is 20.0. The van der Waals surface area contributed by atoms with Crippen molar-refractivity contribution in [3.63, 3.8) is 0 Å². The summed E-state index contributed by atoms with van der Waals surface area (Å²) >= 11 is 0. The van der Waals surface area contributed by atoms with Crippen molar-refractivity contribution in [2.24, 2.45) is 0 Å². The number of aromatic nitrogens is 5. The average molecular weight is 415 g/mol. The number of anilines is 3. The fourth-order valence-electron chi connectivity index (χ4n) is 3.66. The van der Waals surface area contributed by atoms with Crippen LogP contribution in [0.5, 0.6) is 5.88 Å². The minimum Gasteiger partial charge on any atom is -0.481 e. The lowest BCUT2D eigenvalue weighted by Gasteiger charge is -2.23. The van der Waals surface area contributed by atoms with Crippen molar-refractivity contribution in [3.8, 4) is 17.3 Å². The number of hydrogen-bond donors (Lipinski definition) is 1. The van der Waals surface area contributed by atoms with E-state index in [1.54, 1.807) is 25.6 Å². The van der Waals surface area contributed by atoms with Crippen LogP contribution in [0.3, 0.4) is 0 Å². The first kappa shape index (κ1) is 19.0. The molecule has 4 aromatic rings.